The second kappa shape index (κ2) is 9.21. The number of hydrogen-bond donors (Lipinski definition) is 1. The van der Waals surface area contributed by atoms with Crippen molar-refractivity contribution in [3.8, 4) is 0 Å². The van der Waals surface area contributed by atoms with Gasteiger partial charge in [0.05, 0.1) is 16.3 Å². The van der Waals surface area contributed by atoms with E-state index in [0.29, 0.717) is 36.8 Å². The Morgan fingerprint density at radius 2 is 1.93 bits per heavy atom. The van der Waals surface area contributed by atoms with Gasteiger partial charge in [-0.2, -0.15) is 4.31 Å². The summed E-state index contributed by atoms with van der Waals surface area (Å²) in [5.41, 5.74) is 0.303. The van der Waals surface area contributed by atoms with Crippen molar-refractivity contribution in [2.75, 3.05) is 43.4 Å². The van der Waals surface area contributed by atoms with E-state index in [9.17, 15) is 13.2 Å². The van der Waals surface area contributed by atoms with Gasteiger partial charge in [-0.1, -0.05) is 33.6 Å². The van der Waals surface area contributed by atoms with E-state index in [0.717, 1.165) is 10.3 Å². The number of sulfonamides is 1. The molecule has 1 saturated heterocycles. The second-order valence-electron chi connectivity index (χ2n) is 6.27. The van der Waals surface area contributed by atoms with Gasteiger partial charge in [-0.25, -0.2) is 13.4 Å². The summed E-state index contributed by atoms with van der Waals surface area (Å²) >= 11 is 9.32. The number of anilines is 1. The molecule has 1 N–H and O–H groups in total. The van der Waals surface area contributed by atoms with Crippen LogP contribution in [0.1, 0.15) is 10.4 Å². The first-order valence-corrected chi connectivity index (χ1v) is 11.5. The average molecular weight is 488 g/mol. The Balaban J connectivity index is 1.51. The standard InChI is InChI=1S/C18H20BrClN4O3S/c19-14-4-5-16(20)15(13-14)18(25)22-7-12-28(26,27)24-10-8-23(9-11-24)17-3-1-2-6-21-17/h1-6,13H,7-12H2,(H,22,25). The first kappa shape index (κ1) is 21.0. The number of rotatable bonds is 6. The van der Waals surface area contributed by atoms with Crippen LogP contribution in [0.25, 0.3) is 0 Å². The molecule has 0 bridgehead atoms. The van der Waals surface area contributed by atoms with Gasteiger partial charge in [-0.15, -0.1) is 0 Å². The highest BCUT2D eigenvalue weighted by atomic mass is 79.9. The molecule has 28 heavy (non-hydrogen) atoms. The number of carbonyl (C=O) groups excluding carboxylic acids is 1. The molecule has 2 aromatic rings. The molecule has 10 heteroatoms. The van der Waals surface area contributed by atoms with Crippen molar-refractivity contribution in [1.82, 2.24) is 14.6 Å². The predicted molar refractivity (Wildman–Crippen MR) is 113 cm³/mol. The minimum absolute atomic E-state index is 0.0183. The first-order valence-electron chi connectivity index (χ1n) is 8.74. The molecule has 0 unspecified atom stereocenters. The van der Waals surface area contributed by atoms with Gasteiger partial charge in [0, 0.05) is 43.4 Å². The van der Waals surface area contributed by atoms with Crippen molar-refractivity contribution in [2.24, 2.45) is 0 Å². The van der Waals surface area contributed by atoms with Crippen LogP contribution in [0.2, 0.25) is 5.02 Å². The van der Waals surface area contributed by atoms with Crippen LogP contribution in [0.15, 0.2) is 47.1 Å². The summed E-state index contributed by atoms with van der Waals surface area (Å²) in [6, 6.07) is 10.6. The maximum Gasteiger partial charge on any atom is 0.252 e. The first-order chi connectivity index (χ1) is 13.4. The lowest BCUT2D eigenvalue weighted by Crippen LogP contribution is -2.50. The van der Waals surface area contributed by atoms with Crippen molar-refractivity contribution in [2.45, 2.75) is 0 Å². The Morgan fingerprint density at radius 3 is 2.61 bits per heavy atom. The number of nitrogens with zero attached hydrogens (tertiary/aromatic N) is 3. The molecule has 1 aromatic carbocycles. The molecule has 0 saturated carbocycles. The Bertz CT molecular complexity index is 935. The fraction of sp³-hybridized carbons (Fsp3) is 0.333. The molecule has 0 radical (unpaired) electrons. The number of amides is 1. The van der Waals surface area contributed by atoms with Crippen molar-refractivity contribution in [3.63, 3.8) is 0 Å². The van der Waals surface area contributed by atoms with E-state index >= 15 is 0 Å². The topological polar surface area (TPSA) is 82.6 Å². The molecule has 7 nitrogen and oxygen atoms in total. The van der Waals surface area contributed by atoms with Gasteiger partial charge < -0.3 is 10.2 Å². The molecule has 3 rings (SSSR count). The maximum atomic E-state index is 12.6. The molecule has 1 amide bonds. The number of hydrogen-bond acceptors (Lipinski definition) is 5. The van der Waals surface area contributed by atoms with Gasteiger partial charge in [0.2, 0.25) is 10.0 Å². The second-order valence-corrected chi connectivity index (χ2v) is 9.68. The Labute approximate surface area is 177 Å². The van der Waals surface area contributed by atoms with E-state index in [-0.39, 0.29) is 12.3 Å². The number of nitrogens with one attached hydrogen (secondary N) is 1. The molecule has 2 heterocycles. The molecular formula is C18H20BrClN4O3S. The summed E-state index contributed by atoms with van der Waals surface area (Å²) in [5.74, 6) is 0.285. The molecule has 150 valence electrons. The minimum atomic E-state index is -3.46. The fourth-order valence-electron chi connectivity index (χ4n) is 2.93. The van der Waals surface area contributed by atoms with E-state index < -0.39 is 15.9 Å². The van der Waals surface area contributed by atoms with E-state index in [1.165, 1.54) is 4.31 Å². The van der Waals surface area contributed by atoms with E-state index in [1.54, 1.807) is 24.4 Å². The van der Waals surface area contributed by atoms with Crippen LogP contribution in [-0.4, -0.2) is 62.1 Å². The van der Waals surface area contributed by atoms with Gasteiger partial charge in [-0.05, 0) is 30.3 Å². The lowest BCUT2D eigenvalue weighted by molar-refractivity contribution is 0.0956. The molecule has 0 spiro atoms. The van der Waals surface area contributed by atoms with Crippen molar-refractivity contribution in [1.29, 1.82) is 0 Å². The van der Waals surface area contributed by atoms with Crippen LogP contribution in [0.4, 0.5) is 5.82 Å². The van der Waals surface area contributed by atoms with E-state index in [4.69, 9.17) is 11.6 Å². The molecule has 0 atom stereocenters. The van der Waals surface area contributed by atoms with Gasteiger partial charge in [0.15, 0.2) is 0 Å². The van der Waals surface area contributed by atoms with Crippen LogP contribution in [-0.2, 0) is 10.0 Å². The molecule has 0 aliphatic carbocycles. The van der Waals surface area contributed by atoms with Crippen LogP contribution in [0.5, 0.6) is 0 Å². The van der Waals surface area contributed by atoms with Crippen molar-refractivity contribution < 1.29 is 13.2 Å². The number of pyridine rings is 1. The zero-order valence-electron chi connectivity index (χ0n) is 15.0. The highest BCUT2D eigenvalue weighted by Crippen LogP contribution is 2.21. The summed E-state index contributed by atoms with van der Waals surface area (Å²) in [7, 11) is -3.46. The number of halogens is 2. The van der Waals surface area contributed by atoms with Gasteiger partial charge in [-0.3, -0.25) is 4.79 Å². The summed E-state index contributed by atoms with van der Waals surface area (Å²) in [6.07, 6.45) is 1.72. The number of piperazine rings is 1. The minimum Gasteiger partial charge on any atom is -0.354 e. The van der Waals surface area contributed by atoms with E-state index in [2.05, 4.69) is 31.1 Å². The third-order valence-corrected chi connectivity index (χ3v) is 7.12. The lowest BCUT2D eigenvalue weighted by atomic mass is 10.2. The number of benzene rings is 1. The number of carbonyl (C=O) groups is 1. The van der Waals surface area contributed by atoms with Gasteiger partial charge >= 0.3 is 0 Å². The fourth-order valence-corrected chi connectivity index (χ4v) is 4.83. The smallest absolute Gasteiger partial charge is 0.252 e. The third kappa shape index (κ3) is 5.22. The van der Waals surface area contributed by atoms with Crippen molar-refractivity contribution >= 4 is 49.3 Å². The zero-order chi connectivity index (χ0) is 20.1. The molecule has 1 aromatic heterocycles. The maximum absolute atomic E-state index is 12.6. The van der Waals surface area contributed by atoms with E-state index in [1.807, 2.05) is 18.2 Å². The van der Waals surface area contributed by atoms with Gasteiger partial charge in [0.25, 0.3) is 5.91 Å². The summed E-state index contributed by atoms with van der Waals surface area (Å²) in [6.45, 7) is 1.96. The lowest BCUT2D eigenvalue weighted by Gasteiger charge is -2.34. The Morgan fingerprint density at radius 1 is 1.18 bits per heavy atom. The summed E-state index contributed by atoms with van der Waals surface area (Å²) < 4.78 is 27.3. The largest absolute Gasteiger partial charge is 0.354 e. The van der Waals surface area contributed by atoms with Crippen LogP contribution >= 0.6 is 27.5 Å². The third-order valence-electron chi connectivity index (χ3n) is 4.42. The van der Waals surface area contributed by atoms with Crippen LogP contribution < -0.4 is 10.2 Å². The summed E-state index contributed by atoms with van der Waals surface area (Å²) in [4.78, 5) is 18.6. The normalized spacial score (nSPS) is 15.4. The summed E-state index contributed by atoms with van der Waals surface area (Å²) in [5, 5.41) is 2.94. The highest BCUT2D eigenvalue weighted by molar-refractivity contribution is 9.10. The Kier molecular flexibility index (Phi) is 6.92. The molecular weight excluding hydrogens is 468 g/mol. The average Bonchev–Trinajstić information content (AvgIpc) is 2.70. The number of aromatic nitrogens is 1. The highest BCUT2D eigenvalue weighted by Gasteiger charge is 2.27. The molecule has 1 aliphatic rings. The van der Waals surface area contributed by atoms with Crippen LogP contribution in [0.3, 0.4) is 0 Å². The Hall–Kier alpha value is -1.68. The predicted octanol–water partition coefficient (Wildman–Crippen LogP) is 2.38. The quantitative estimate of drug-likeness (QED) is 0.676. The van der Waals surface area contributed by atoms with Gasteiger partial charge in [0.1, 0.15) is 5.82 Å². The van der Waals surface area contributed by atoms with Crippen LogP contribution in [0, 0.1) is 0 Å². The SMILES string of the molecule is O=C(NCCS(=O)(=O)N1CCN(c2ccccn2)CC1)c1cc(Br)ccc1Cl. The molecule has 1 fully saturated rings. The monoisotopic (exact) mass is 486 g/mol. The van der Waals surface area contributed by atoms with Crippen molar-refractivity contribution in [3.05, 3.63) is 57.7 Å². The zero-order valence-corrected chi connectivity index (χ0v) is 18.2. The molecule has 1 aliphatic heterocycles.